The second kappa shape index (κ2) is 7.51. The zero-order valence-corrected chi connectivity index (χ0v) is 13.6. The van der Waals surface area contributed by atoms with Crippen molar-refractivity contribution < 1.29 is 23.6 Å². The van der Waals surface area contributed by atoms with Crippen LogP contribution in [0, 0.1) is 0 Å². The van der Waals surface area contributed by atoms with E-state index in [1.807, 2.05) is 0 Å². The molecule has 1 fully saturated rings. The van der Waals surface area contributed by atoms with E-state index in [0.717, 1.165) is 9.91 Å². The third-order valence-electron chi connectivity index (χ3n) is 3.81. The maximum Gasteiger partial charge on any atom is 0.346 e. The lowest BCUT2D eigenvalue weighted by atomic mass is 10.1. The third-order valence-corrected chi connectivity index (χ3v) is 3.81. The van der Waals surface area contributed by atoms with Crippen LogP contribution in [0.15, 0.2) is 53.1 Å². The molecule has 9 nitrogen and oxygen atoms in total. The number of aldehydes is 1. The molecule has 134 valence electrons. The van der Waals surface area contributed by atoms with Crippen LogP contribution in [0.4, 0.5) is 9.59 Å². The largest absolute Gasteiger partial charge is 0.459 e. The van der Waals surface area contributed by atoms with E-state index in [4.69, 9.17) is 4.42 Å². The summed E-state index contributed by atoms with van der Waals surface area (Å²) in [5.41, 5.74) is 2.98. The smallest absolute Gasteiger partial charge is 0.346 e. The average molecular weight is 356 g/mol. The molecule has 1 atom stereocenters. The molecule has 2 heterocycles. The van der Waals surface area contributed by atoms with Crippen LogP contribution in [0.1, 0.15) is 22.2 Å². The number of carbonyl (C=O) groups excluding carboxylic acids is 4. The molecular formula is C17H16N4O5. The van der Waals surface area contributed by atoms with Gasteiger partial charge in [0, 0.05) is 0 Å². The van der Waals surface area contributed by atoms with Gasteiger partial charge < -0.3 is 14.5 Å². The highest BCUT2D eigenvalue weighted by Gasteiger charge is 2.35. The summed E-state index contributed by atoms with van der Waals surface area (Å²) >= 11 is 0. The van der Waals surface area contributed by atoms with Gasteiger partial charge in [-0.2, -0.15) is 0 Å². The lowest BCUT2D eigenvalue weighted by Crippen LogP contribution is -2.48. The number of imide groups is 1. The number of furan rings is 1. The third kappa shape index (κ3) is 3.56. The Labute approximate surface area is 148 Å². The average Bonchev–Trinajstić information content (AvgIpc) is 3.31. The van der Waals surface area contributed by atoms with Gasteiger partial charge in [0.2, 0.25) is 0 Å². The summed E-state index contributed by atoms with van der Waals surface area (Å²) in [4.78, 5) is 48.8. The standard InChI is InChI=1S/C17H16N4O5/c22-11-13(12-5-2-1-3-6-12)18-16(24)20-8-9-21(17(20)25)19-15(23)14-7-4-10-26-14/h1-7,10-11,13H,8-9H2,(H,18,24)(H,19,23). The minimum atomic E-state index is -0.872. The Balaban J connectivity index is 1.61. The number of hydrazine groups is 1. The monoisotopic (exact) mass is 356 g/mol. The van der Waals surface area contributed by atoms with Crippen molar-refractivity contribution in [3.63, 3.8) is 0 Å². The molecule has 1 aromatic carbocycles. The van der Waals surface area contributed by atoms with Crippen molar-refractivity contribution in [1.82, 2.24) is 20.7 Å². The second-order valence-corrected chi connectivity index (χ2v) is 5.48. The molecule has 1 aliphatic rings. The number of urea groups is 2. The van der Waals surface area contributed by atoms with Crippen molar-refractivity contribution in [3.8, 4) is 0 Å². The highest BCUT2D eigenvalue weighted by molar-refractivity contribution is 5.98. The van der Waals surface area contributed by atoms with Gasteiger partial charge in [0.1, 0.15) is 12.3 Å². The molecule has 0 saturated carbocycles. The van der Waals surface area contributed by atoms with Gasteiger partial charge in [-0.25, -0.2) is 19.5 Å². The Morgan fingerprint density at radius 2 is 1.88 bits per heavy atom. The van der Waals surface area contributed by atoms with E-state index in [-0.39, 0.29) is 18.8 Å². The van der Waals surface area contributed by atoms with E-state index in [0.29, 0.717) is 11.8 Å². The van der Waals surface area contributed by atoms with Crippen LogP contribution in [-0.2, 0) is 4.79 Å². The summed E-state index contributed by atoms with van der Waals surface area (Å²) in [7, 11) is 0. The molecule has 0 radical (unpaired) electrons. The highest BCUT2D eigenvalue weighted by atomic mass is 16.3. The van der Waals surface area contributed by atoms with Gasteiger partial charge in [0.25, 0.3) is 0 Å². The molecule has 1 saturated heterocycles. The number of amides is 5. The topological polar surface area (TPSA) is 112 Å². The molecule has 9 heteroatoms. The van der Waals surface area contributed by atoms with Crippen molar-refractivity contribution in [3.05, 3.63) is 60.1 Å². The zero-order valence-electron chi connectivity index (χ0n) is 13.6. The van der Waals surface area contributed by atoms with E-state index in [1.165, 1.54) is 12.3 Å². The Morgan fingerprint density at radius 1 is 1.12 bits per heavy atom. The van der Waals surface area contributed by atoms with Crippen molar-refractivity contribution >= 4 is 24.3 Å². The molecular weight excluding hydrogens is 340 g/mol. The van der Waals surface area contributed by atoms with Crippen LogP contribution in [-0.4, -0.2) is 47.3 Å². The fraction of sp³-hybridized carbons (Fsp3) is 0.176. The first kappa shape index (κ1) is 17.2. The summed E-state index contributed by atoms with van der Waals surface area (Å²) < 4.78 is 4.95. The van der Waals surface area contributed by atoms with Crippen LogP contribution in [0.5, 0.6) is 0 Å². The van der Waals surface area contributed by atoms with Crippen molar-refractivity contribution in [2.75, 3.05) is 13.1 Å². The zero-order chi connectivity index (χ0) is 18.5. The van der Waals surface area contributed by atoms with Crippen LogP contribution in [0.25, 0.3) is 0 Å². The fourth-order valence-electron chi connectivity index (χ4n) is 2.48. The first-order valence-electron chi connectivity index (χ1n) is 7.84. The maximum absolute atomic E-state index is 12.3. The van der Waals surface area contributed by atoms with Crippen LogP contribution in [0.3, 0.4) is 0 Å². The van der Waals surface area contributed by atoms with Crippen molar-refractivity contribution in [2.24, 2.45) is 0 Å². The van der Waals surface area contributed by atoms with Gasteiger partial charge in [-0.05, 0) is 17.7 Å². The Hall–Kier alpha value is -3.62. The molecule has 1 aliphatic heterocycles. The fourth-order valence-corrected chi connectivity index (χ4v) is 2.48. The summed E-state index contributed by atoms with van der Waals surface area (Å²) in [5.74, 6) is -0.550. The van der Waals surface area contributed by atoms with E-state index < -0.39 is 24.0 Å². The van der Waals surface area contributed by atoms with Crippen molar-refractivity contribution in [1.29, 1.82) is 0 Å². The molecule has 3 rings (SSSR count). The van der Waals surface area contributed by atoms with E-state index in [1.54, 1.807) is 36.4 Å². The number of carbonyl (C=O) groups is 4. The molecule has 26 heavy (non-hydrogen) atoms. The molecule has 1 unspecified atom stereocenters. The maximum atomic E-state index is 12.3. The highest BCUT2D eigenvalue weighted by Crippen LogP contribution is 2.13. The van der Waals surface area contributed by atoms with Gasteiger partial charge in [0.15, 0.2) is 5.76 Å². The number of benzene rings is 1. The Morgan fingerprint density at radius 3 is 2.54 bits per heavy atom. The van der Waals surface area contributed by atoms with Crippen LogP contribution >= 0.6 is 0 Å². The second-order valence-electron chi connectivity index (χ2n) is 5.48. The lowest BCUT2D eigenvalue weighted by molar-refractivity contribution is -0.109. The molecule has 2 aromatic rings. The van der Waals surface area contributed by atoms with E-state index in [9.17, 15) is 19.2 Å². The quantitative estimate of drug-likeness (QED) is 0.785. The number of rotatable bonds is 5. The first-order chi connectivity index (χ1) is 12.6. The van der Waals surface area contributed by atoms with E-state index in [2.05, 4.69) is 10.7 Å². The SMILES string of the molecule is O=CC(NC(=O)N1CCN(NC(=O)c2ccco2)C1=O)c1ccccc1. The minimum absolute atomic E-state index is 0.0470. The van der Waals surface area contributed by atoms with Gasteiger partial charge in [-0.3, -0.25) is 10.2 Å². The predicted molar refractivity (Wildman–Crippen MR) is 88.8 cm³/mol. The lowest BCUT2D eigenvalue weighted by Gasteiger charge is -2.20. The predicted octanol–water partition coefficient (Wildman–Crippen LogP) is 1.31. The minimum Gasteiger partial charge on any atom is -0.459 e. The molecule has 0 aliphatic carbocycles. The number of nitrogens with zero attached hydrogens (tertiary/aromatic N) is 2. The number of hydrogen-bond donors (Lipinski definition) is 2. The Kier molecular flexibility index (Phi) is 4.97. The summed E-state index contributed by atoms with van der Waals surface area (Å²) in [6, 6.07) is 9.38. The summed E-state index contributed by atoms with van der Waals surface area (Å²) in [6.07, 6.45) is 1.92. The molecule has 5 amide bonds. The summed E-state index contributed by atoms with van der Waals surface area (Å²) in [5, 5.41) is 3.51. The van der Waals surface area contributed by atoms with Crippen LogP contribution < -0.4 is 10.7 Å². The van der Waals surface area contributed by atoms with E-state index >= 15 is 0 Å². The van der Waals surface area contributed by atoms with Gasteiger partial charge >= 0.3 is 18.0 Å². The van der Waals surface area contributed by atoms with Crippen molar-refractivity contribution in [2.45, 2.75) is 6.04 Å². The summed E-state index contributed by atoms with van der Waals surface area (Å²) in [6.45, 7) is 0.194. The first-order valence-corrected chi connectivity index (χ1v) is 7.84. The van der Waals surface area contributed by atoms with Crippen LogP contribution in [0.2, 0.25) is 0 Å². The Bertz CT molecular complexity index is 806. The number of hydrogen-bond acceptors (Lipinski definition) is 5. The molecule has 2 N–H and O–H groups in total. The van der Waals surface area contributed by atoms with Gasteiger partial charge in [0.05, 0.1) is 19.4 Å². The van der Waals surface area contributed by atoms with Gasteiger partial charge in [-0.15, -0.1) is 0 Å². The molecule has 0 bridgehead atoms. The normalized spacial score (nSPS) is 14.8. The molecule has 0 spiro atoms. The van der Waals surface area contributed by atoms with Gasteiger partial charge in [-0.1, -0.05) is 30.3 Å². The number of nitrogens with one attached hydrogen (secondary N) is 2. The molecule has 1 aromatic heterocycles.